The number of carbonyl (C=O) groups is 1. The van der Waals surface area contributed by atoms with Gasteiger partial charge in [-0.1, -0.05) is 11.6 Å². The van der Waals surface area contributed by atoms with E-state index in [9.17, 15) is 4.79 Å². The lowest BCUT2D eigenvalue weighted by Gasteiger charge is -2.31. The first kappa shape index (κ1) is 18.1. The maximum atomic E-state index is 13.2. The van der Waals surface area contributed by atoms with Gasteiger partial charge in [0.25, 0.3) is 5.91 Å². The summed E-state index contributed by atoms with van der Waals surface area (Å²) >= 11 is 6.14. The molecule has 7 heteroatoms. The largest absolute Gasteiger partial charge is 0.493 e. The number of nitrogens with zero attached hydrogens (tertiary/aromatic N) is 2. The van der Waals surface area contributed by atoms with E-state index in [4.69, 9.17) is 25.8 Å². The molecular formula is C17H21ClN2O4. The predicted octanol–water partition coefficient (Wildman–Crippen LogP) is 3.36. The second kappa shape index (κ2) is 7.13. The molecule has 1 heterocycles. The van der Waals surface area contributed by atoms with E-state index in [-0.39, 0.29) is 12.1 Å². The van der Waals surface area contributed by atoms with Gasteiger partial charge in [0.05, 0.1) is 31.9 Å². The molecule has 0 radical (unpaired) electrons. The van der Waals surface area contributed by atoms with Gasteiger partial charge in [0.2, 0.25) is 5.75 Å². The van der Waals surface area contributed by atoms with Gasteiger partial charge in [-0.3, -0.25) is 14.7 Å². The second-order valence-corrected chi connectivity index (χ2v) is 5.76. The lowest BCUT2D eigenvalue weighted by molar-refractivity contribution is 0.0755. The predicted molar refractivity (Wildman–Crippen MR) is 93.5 cm³/mol. The number of aliphatic imine (C=N–C) groups is 1. The molecule has 1 amide bonds. The molecule has 1 aliphatic heterocycles. The average Bonchev–Trinajstić information content (AvgIpc) is 2.56. The maximum absolute atomic E-state index is 13.2. The highest BCUT2D eigenvalue weighted by atomic mass is 35.5. The highest BCUT2D eigenvalue weighted by molar-refractivity contribution is 6.40. The van der Waals surface area contributed by atoms with Crippen molar-refractivity contribution in [1.29, 1.82) is 0 Å². The highest BCUT2D eigenvalue weighted by Crippen LogP contribution is 2.43. The van der Waals surface area contributed by atoms with Gasteiger partial charge < -0.3 is 14.2 Å². The number of halogens is 1. The average molecular weight is 353 g/mol. The van der Waals surface area contributed by atoms with Crippen molar-refractivity contribution in [2.45, 2.75) is 26.9 Å². The maximum Gasteiger partial charge on any atom is 0.263 e. The number of hydrogen-bond donors (Lipinski definition) is 0. The molecule has 0 saturated carbocycles. The first-order valence-electron chi connectivity index (χ1n) is 7.40. The number of rotatable bonds is 4. The minimum absolute atomic E-state index is 0.259. The SMILES string of the molecule is COc1cc(C)c(C(=O)N2C(C)=C(Cl)C=NC2C)c(OC)c1OC. The molecule has 6 nitrogen and oxygen atoms in total. The molecule has 1 aromatic carbocycles. The molecule has 0 bridgehead atoms. The molecule has 0 N–H and O–H groups in total. The van der Waals surface area contributed by atoms with E-state index in [1.54, 1.807) is 24.1 Å². The smallest absolute Gasteiger partial charge is 0.263 e. The van der Waals surface area contributed by atoms with E-state index < -0.39 is 0 Å². The molecule has 1 aromatic rings. The van der Waals surface area contributed by atoms with Crippen LogP contribution in [0.3, 0.4) is 0 Å². The monoisotopic (exact) mass is 352 g/mol. The molecular weight excluding hydrogens is 332 g/mol. The van der Waals surface area contributed by atoms with Crippen LogP contribution >= 0.6 is 11.6 Å². The van der Waals surface area contributed by atoms with Crippen molar-refractivity contribution in [3.63, 3.8) is 0 Å². The summed E-state index contributed by atoms with van der Waals surface area (Å²) in [6, 6.07) is 1.74. The number of carbonyl (C=O) groups excluding carboxylic acids is 1. The Morgan fingerprint density at radius 1 is 1.17 bits per heavy atom. The van der Waals surface area contributed by atoms with Crippen LogP contribution < -0.4 is 14.2 Å². The van der Waals surface area contributed by atoms with Crippen LogP contribution in [-0.2, 0) is 0 Å². The van der Waals surface area contributed by atoms with Crippen LogP contribution in [0.4, 0.5) is 0 Å². The molecule has 1 unspecified atom stereocenters. The van der Waals surface area contributed by atoms with Crippen molar-refractivity contribution >= 4 is 23.7 Å². The van der Waals surface area contributed by atoms with Gasteiger partial charge >= 0.3 is 0 Å². The summed E-state index contributed by atoms with van der Waals surface area (Å²) in [5, 5.41) is 0.429. The molecule has 0 aliphatic carbocycles. The van der Waals surface area contributed by atoms with E-state index in [2.05, 4.69) is 4.99 Å². The Morgan fingerprint density at radius 2 is 1.79 bits per heavy atom. The van der Waals surface area contributed by atoms with E-state index >= 15 is 0 Å². The topological polar surface area (TPSA) is 60.4 Å². The summed E-state index contributed by atoms with van der Waals surface area (Å²) in [4.78, 5) is 19.0. The molecule has 24 heavy (non-hydrogen) atoms. The number of allylic oxidation sites excluding steroid dienone is 2. The van der Waals surface area contributed by atoms with Gasteiger partial charge in [-0.25, -0.2) is 0 Å². The summed E-state index contributed by atoms with van der Waals surface area (Å²) in [5.74, 6) is 0.934. The number of methoxy groups -OCH3 is 3. The van der Waals surface area contributed by atoms with E-state index in [0.717, 1.165) is 0 Å². The molecule has 0 aromatic heterocycles. The normalized spacial score (nSPS) is 17.1. The zero-order valence-corrected chi connectivity index (χ0v) is 15.4. The van der Waals surface area contributed by atoms with Gasteiger partial charge in [-0.05, 0) is 32.4 Å². The number of amides is 1. The number of hydrogen-bond acceptors (Lipinski definition) is 5. The summed E-state index contributed by atoms with van der Waals surface area (Å²) < 4.78 is 16.2. The van der Waals surface area contributed by atoms with E-state index in [1.165, 1.54) is 21.3 Å². The lowest BCUT2D eigenvalue weighted by atomic mass is 10.0. The second-order valence-electron chi connectivity index (χ2n) is 5.36. The van der Waals surface area contributed by atoms with Gasteiger partial charge in [-0.15, -0.1) is 0 Å². The Morgan fingerprint density at radius 3 is 2.33 bits per heavy atom. The Hall–Kier alpha value is -2.21. The molecule has 1 aliphatic rings. The molecule has 0 saturated heterocycles. The number of benzene rings is 1. The first-order chi connectivity index (χ1) is 11.4. The highest BCUT2D eigenvalue weighted by Gasteiger charge is 2.32. The molecule has 0 spiro atoms. The van der Waals surface area contributed by atoms with E-state index in [1.807, 2.05) is 13.8 Å². The summed E-state index contributed by atoms with van der Waals surface area (Å²) in [5.41, 5.74) is 1.74. The van der Waals surface area contributed by atoms with Crippen molar-refractivity contribution in [2.24, 2.45) is 4.99 Å². The number of ether oxygens (including phenoxy) is 3. The lowest BCUT2D eigenvalue weighted by Crippen LogP contribution is -2.39. The van der Waals surface area contributed by atoms with Crippen LogP contribution in [0.5, 0.6) is 17.2 Å². The van der Waals surface area contributed by atoms with Crippen LogP contribution in [0.25, 0.3) is 0 Å². The minimum atomic E-state index is -0.364. The zero-order chi connectivity index (χ0) is 18.0. The molecule has 130 valence electrons. The van der Waals surface area contributed by atoms with E-state index in [0.29, 0.717) is 39.1 Å². The Kier molecular flexibility index (Phi) is 5.39. The van der Waals surface area contributed by atoms with Crippen LogP contribution in [0, 0.1) is 6.92 Å². The van der Waals surface area contributed by atoms with Crippen LogP contribution in [-0.4, -0.2) is 44.5 Å². The third-order valence-electron chi connectivity index (χ3n) is 3.94. The molecule has 1 atom stereocenters. The molecule has 0 fully saturated rings. The standard InChI is InChI=1S/C17H21ClN2O4/c1-9-7-13(22-4)15(23-5)16(24-6)14(9)17(21)20-10(2)12(18)8-19-11(20)3/h7-8,11H,1-6H3. The van der Waals surface area contributed by atoms with Crippen molar-refractivity contribution in [2.75, 3.05) is 21.3 Å². The fourth-order valence-electron chi connectivity index (χ4n) is 2.72. The fraction of sp³-hybridized carbons (Fsp3) is 0.412. The Labute approximate surface area is 146 Å². The van der Waals surface area contributed by atoms with Crippen LogP contribution in [0.1, 0.15) is 29.8 Å². The van der Waals surface area contributed by atoms with Gasteiger partial charge in [-0.2, -0.15) is 0 Å². The summed E-state index contributed by atoms with van der Waals surface area (Å²) in [7, 11) is 4.52. The van der Waals surface area contributed by atoms with Crippen molar-refractivity contribution < 1.29 is 19.0 Å². The van der Waals surface area contributed by atoms with Crippen LogP contribution in [0.2, 0.25) is 0 Å². The molecule has 2 rings (SSSR count). The minimum Gasteiger partial charge on any atom is -0.493 e. The fourth-order valence-corrected chi connectivity index (χ4v) is 2.86. The first-order valence-corrected chi connectivity index (χ1v) is 7.77. The van der Waals surface area contributed by atoms with Crippen molar-refractivity contribution in [3.8, 4) is 17.2 Å². The zero-order valence-electron chi connectivity index (χ0n) is 14.6. The van der Waals surface area contributed by atoms with Crippen molar-refractivity contribution in [3.05, 3.63) is 27.9 Å². The van der Waals surface area contributed by atoms with Gasteiger partial charge in [0, 0.05) is 11.9 Å². The Bertz CT molecular complexity index is 728. The summed E-state index contributed by atoms with van der Waals surface area (Å²) in [6.45, 7) is 5.42. The quantitative estimate of drug-likeness (QED) is 0.833. The summed E-state index contributed by atoms with van der Waals surface area (Å²) in [6.07, 6.45) is 1.20. The van der Waals surface area contributed by atoms with Crippen molar-refractivity contribution in [1.82, 2.24) is 4.90 Å². The Balaban J connectivity index is 2.64. The third-order valence-corrected chi connectivity index (χ3v) is 4.32. The number of aryl methyl sites for hydroxylation is 1. The third kappa shape index (κ3) is 2.94. The van der Waals surface area contributed by atoms with Gasteiger partial charge in [0.15, 0.2) is 11.5 Å². The van der Waals surface area contributed by atoms with Crippen LogP contribution in [0.15, 0.2) is 21.8 Å². The van der Waals surface area contributed by atoms with Gasteiger partial charge in [0.1, 0.15) is 6.17 Å².